The lowest BCUT2D eigenvalue weighted by Gasteiger charge is -2.18. The average molecular weight is 323 g/mol. The highest BCUT2D eigenvalue weighted by atomic mass is 35.5. The van der Waals surface area contributed by atoms with Crippen LogP contribution in [0.4, 0.5) is 5.69 Å². The SMILES string of the molecule is Cc1cc(C)c(NCC(O)CNC(C)C)c(C)c1.Cl.Cl. The summed E-state index contributed by atoms with van der Waals surface area (Å²) in [5.41, 5.74) is 4.88. The van der Waals surface area contributed by atoms with Gasteiger partial charge >= 0.3 is 0 Å². The molecule has 5 heteroatoms. The summed E-state index contributed by atoms with van der Waals surface area (Å²) in [7, 11) is 0. The summed E-state index contributed by atoms with van der Waals surface area (Å²) in [5.74, 6) is 0. The molecule has 0 bridgehead atoms. The first-order valence-corrected chi connectivity index (χ1v) is 6.63. The highest BCUT2D eigenvalue weighted by molar-refractivity contribution is 5.85. The smallest absolute Gasteiger partial charge is 0.0836 e. The summed E-state index contributed by atoms with van der Waals surface area (Å²) in [5, 5.41) is 16.4. The molecule has 0 aromatic heterocycles. The van der Waals surface area contributed by atoms with Crippen molar-refractivity contribution in [3.05, 3.63) is 28.8 Å². The van der Waals surface area contributed by atoms with Gasteiger partial charge in [-0.2, -0.15) is 0 Å². The van der Waals surface area contributed by atoms with Crippen molar-refractivity contribution >= 4 is 30.5 Å². The van der Waals surface area contributed by atoms with Crippen LogP contribution < -0.4 is 10.6 Å². The van der Waals surface area contributed by atoms with Gasteiger partial charge in [0.1, 0.15) is 0 Å². The fourth-order valence-electron chi connectivity index (χ4n) is 2.12. The van der Waals surface area contributed by atoms with Crippen molar-refractivity contribution in [2.45, 2.75) is 46.8 Å². The zero-order valence-corrected chi connectivity index (χ0v) is 14.6. The molecule has 1 unspecified atom stereocenters. The van der Waals surface area contributed by atoms with Crippen LogP contribution in [0.25, 0.3) is 0 Å². The molecule has 1 aromatic carbocycles. The maximum absolute atomic E-state index is 9.87. The first-order valence-electron chi connectivity index (χ1n) is 6.63. The van der Waals surface area contributed by atoms with Crippen LogP contribution in [0.3, 0.4) is 0 Å². The number of aliphatic hydroxyl groups excluding tert-OH is 1. The second-order valence-electron chi connectivity index (χ2n) is 5.37. The zero-order valence-electron chi connectivity index (χ0n) is 13.0. The van der Waals surface area contributed by atoms with Gasteiger partial charge in [0.25, 0.3) is 0 Å². The van der Waals surface area contributed by atoms with Crippen LogP contribution in [0.1, 0.15) is 30.5 Å². The Morgan fingerprint density at radius 3 is 1.95 bits per heavy atom. The van der Waals surface area contributed by atoms with E-state index in [0.717, 1.165) is 5.69 Å². The predicted molar refractivity (Wildman–Crippen MR) is 92.8 cm³/mol. The number of benzene rings is 1. The molecule has 0 fully saturated rings. The van der Waals surface area contributed by atoms with E-state index in [-0.39, 0.29) is 30.9 Å². The molecule has 0 spiro atoms. The minimum absolute atomic E-state index is 0. The maximum Gasteiger partial charge on any atom is 0.0836 e. The van der Waals surface area contributed by atoms with Gasteiger partial charge in [-0.3, -0.25) is 0 Å². The van der Waals surface area contributed by atoms with Gasteiger partial charge in [0, 0.05) is 24.8 Å². The van der Waals surface area contributed by atoms with Crippen LogP contribution in [0, 0.1) is 20.8 Å². The molecular formula is C15H28Cl2N2O. The minimum Gasteiger partial charge on any atom is -0.390 e. The number of rotatable bonds is 6. The Hall–Kier alpha value is -0.480. The fourth-order valence-corrected chi connectivity index (χ4v) is 2.12. The van der Waals surface area contributed by atoms with Crippen molar-refractivity contribution in [3.63, 3.8) is 0 Å². The van der Waals surface area contributed by atoms with E-state index < -0.39 is 0 Å². The Morgan fingerprint density at radius 2 is 1.50 bits per heavy atom. The zero-order chi connectivity index (χ0) is 13.7. The molecule has 0 radical (unpaired) electrons. The van der Waals surface area contributed by atoms with Gasteiger partial charge in [0.2, 0.25) is 0 Å². The van der Waals surface area contributed by atoms with Crippen molar-refractivity contribution in [1.29, 1.82) is 0 Å². The van der Waals surface area contributed by atoms with E-state index in [2.05, 4.69) is 57.4 Å². The molecule has 118 valence electrons. The lowest BCUT2D eigenvalue weighted by molar-refractivity contribution is 0.181. The van der Waals surface area contributed by atoms with E-state index in [1.54, 1.807) is 0 Å². The Kier molecular flexibility index (Phi) is 11.2. The number of aryl methyl sites for hydroxylation is 3. The molecule has 1 aromatic rings. The highest BCUT2D eigenvalue weighted by Gasteiger charge is 2.07. The number of anilines is 1. The molecule has 20 heavy (non-hydrogen) atoms. The molecule has 0 aliphatic carbocycles. The van der Waals surface area contributed by atoms with Gasteiger partial charge in [0.15, 0.2) is 0 Å². The van der Waals surface area contributed by atoms with E-state index in [4.69, 9.17) is 0 Å². The van der Waals surface area contributed by atoms with Gasteiger partial charge in [-0.05, 0) is 31.9 Å². The molecule has 3 nitrogen and oxygen atoms in total. The van der Waals surface area contributed by atoms with Crippen LogP contribution >= 0.6 is 24.8 Å². The average Bonchev–Trinajstić information content (AvgIpc) is 2.24. The highest BCUT2D eigenvalue weighted by Crippen LogP contribution is 2.21. The van der Waals surface area contributed by atoms with E-state index in [0.29, 0.717) is 19.1 Å². The Bertz CT molecular complexity index is 374. The van der Waals surface area contributed by atoms with Crippen molar-refractivity contribution in [2.75, 3.05) is 18.4 Å². The van der Waals surface area contributed by atoms with Crippen molar-refractivity contribution in [3.8, 4) is 0 Å². The summed E-state index contributed by atoms with van der Waals surface area (Å²) in [4.78, 5) is 0. The van der Waals surface area contributed by atoms with Gasteiger partial charge in [0.05, 0.1) is 6.10 Å². The molecule has 1 atom stereocenters. The van der Waals surface area contributed by atoms with Crippen molar-refractivity contribution in [2.24, 2.45) is 0 Å². The monoisotopic (exact) mass is 322 g/mol. The number of hydrogen-bond donors (Lipinski definition) is 3. The lowest BCUT2D eigenvalue weighted by Crippen LogP contribution is -2.35. The standard InChI is InChI=1S/C15H26N2O.2ClH/c1-10(2)16-8-14(18)9-17-15-12(4)6-11(3)7-13(15)5;;/h6-7,10,14,16-18H,8-9H2,1-5H3;2*1H. The normalized spacial score (nSPS) is 11.6. The largest absolute Gasteiger partial charge is 0.390 e. The van der Waals surface area contributed by atoms with Gasteiger partial charge < -0.3 is 15.7 Å². The van der Waals surface area contributed by atoms with Gasteiger partial charge in [-0.15, -0.1) is 24.8 Å². The lowest BCUT2D eigenvalue weighted by atomic mass is 10.0. The summed E-state index contributed by atoms with van der Waals surface area (Å²) in [6.07, 6.45) is -0.368. The van der Waals surface area contributed by atoms with E-state index in [1.807, 2.05) is 0 Å². The third-order valence-corrected chi connectivity index (χ3v) is 2.95. The molecule has 0 saturated heterocycles. The maximum atomic E-state index is 9.87. The molecule has 1 rings (SSSR count). The van der Waals surface area contributed by atoms with Crippen LogP contribution in [0.2, 0.25) is 0 Å². The fraction of sp³-hybridized carbons (Fsp3) is 0.600. The number of aliphatic hydroxyl groups is 1. The molecule has 0 aliphatic heterocycles. The van der Waals surface area contributed by atoms with Crippen LogP contribution in [-0.2, 0) is 0 Å². The Labute approximate surface area is 135 Å². The van der Waals surface area contributed by atoms with E-state index >= 15 is 0 Å². The third kappa shape index (κ3) is 7.34. The number of nitrogens with one attached hydrogen (secondary N) is 2. The number of halogens is 2. The summed E-state index contributed by atoms with van der Waals surface area (Å²) < 4.78 is 0. The molecule has 0 heterocycles. The molecular weight excluding hydrogens is 295 g/mol. The summed E-state index contributed by atoms with van der Waals surface area (Å²) >= 11 is 0. The summed E-state index contributed by atoms with van der Waals surface area (Å²) in [6.45, 7) is 11.6. The van der Waals surface area contributed by atoms with Crippen LogP contribution in [0.15, 0.2) is 12.1 Å². The van der Waals surface area contributed by atoms with Gasteiger partial charge in [-0.25, -0.2) is 0 Å². The quantitative estimate of drug-likeness (QED) is 0.753. The molecule has 0 saturated carbocycles. The topological polar surface area (TPSA) is 44.3 Å². The second kappa shape index (κ2) is 10.3. The summed E-state index contributed by atoms with van der Waals surface area (Å²) in [6, 6.07) is 4.73. The van der Waals surface area contributed by atoms with Crippen molar-refractivity contribution in [1.82, 2.24) is 5.32 Å². The van der Waals surface area contributed by atoms with Crippen LogP contribution in [0.5, 0.6) is 0 Å². The Balaban J connectivity index is 0. The minimum atomic E-state index is -0.368. The van der Waals surface area contributed by atoms with E-state index in [9.17, 15) is 5.11 Å². The molecule has 3 N–H and O–H groups in total. The first kappa shape index (κ1) is 21.8. The molecule has 0 amide bonds. The van der Waals surface area contributed by atoms with E-state index in [1.165, 1.54) is 16.7 Å². The number of hydrogen-bond acceptors (Lipinski definition) is 3. The third-order valence-electron chi connectivity index (χ3n) is 2.95. The van der Waals surface area contributed by atoms with Gasteiger partial charge in [-0.1, -0.05) is 31.5 Å². The first-order chi connectivity index (χ1) is 8.40. The second-order valence-corrected chi connectivity index (χ2v) is 5.37. The Morgan fingerprint density at radius 1 is 1.00 bits per heavy atom. The van der Waals surface area contributed by atoms with Crippen molar-refractivity contribution < 1.29 is 5.11 Å². The molecule has 0 aliphatic rings. The predicted octanol–water partition coefficient (Wildman–Crippen LogP) is 3.23. The van der Waals surface area contributed by atoms with Crippen LogP contribution in [-0.4, -0.2) is 30.3 Å².